The summed E-state index contributed by atoms with van der Waals surface area (Å²) in [5.74, 6) is 0.805. The second-order valence-corrected chi connectivity index (χ2v) is 4.76. The van der Waals surface area contributed by atoms with Crippen LogP contribution in [0, 0.1) is 6.92 Å². The van der Waals surface area contributed by atoms with Crippen LogP contribution < -0.4 is 5.32 Å². The lowest BCUT2D eigenvalue weighted by atomic mass is 10.0. The minimum absolute atomic E-state index is 0.381. The fourth-order valence-electron chi connectivity index (χ4n) is 1.97. The van der Waals surface area contributed by atoms with Crippen LogP contribution in [0.5, 0.6) is 0 Å². The number of aromatic nitrogens is 4. The Morgan fingerprint density at radius 1 is 1.56 bits per heavy atom. The van der Waals surface area contributed by atoms with Crippen molar-refractivity contribution in [1.82, 2.24) is 24.5 Å². The van der Waals surface area contributed by atoms with Crippen molar-refractivity contribution in [2.24, 2.45) is 0 Å². The van der Waals surface area contributed by atoms with Gasteiger partial charge in [-0.15, -0.1) is 0 Å². The van der Waals surface area contributed by atoms with E-state index in [4.69, 9.17) is 0 Å². The molecule has 16 heavy (non-hydrogen) atoms. The third-order valence-electron chi connectivity index (χ3n) is 2.81. The van der Waals surface area contributed by atoms with Crippen molar-refractivity contribution in [2.75, 3.05) is 6.54 Å². The number of aryl methyl sites for hydroxylation is 1. The molecule has 84 valence electrons. The second-order valence-electron chi connectivity index (χ2n) is 4.03. The third kappa shape index (κ3) is 1.54. The molecule has 0 aliphatic carbocycles. The lowest BCUT2D eigenvalue weighted by Crippen LogP contribution is -2.26. The molecule has 1 N–H and O–H groups in total. The van der Waals surface area contributed by atoms with Crippen LogP contribution in [0.25, 0.3) is 5.13 Å². The van der Waals surface area contributed by atoms with Crippen molar-refractivity contribution >= 4 is 11.5 Å². The summed E-state index contributed by atoms with van der Waals surface area (Å²) >= 11 is 1.39. The van der Waals surface area contributed by atoms with E-state index in [0.717, 1.165) is 23.9 Å². The molecule has 2 aromatic rings. The molecule has 1 unspecified atom stereocenters. The Balaban J connectivity index is 2.04. The van der Waals surface area contributed by atoms with Gasteiger partial charge in [0.25, 0.3) is 0 Å². The lowest BCUT2D eigenvalue weighted by Gasteiger charge is -2.18. The predicted octanol–water partition coefficient (Wildman–Crippen LogP) is 1.24. The van der Waals surface area contributed by atoms with Gasteiger partial charge in [0.15, 0.2) is 0 Å². The van der Waals surface area contributed by atoms with Crippen LogP contribution in [0.3, 0.4) is 0 Å². The zero-order valence-electron chi connectivity index (χ0n) is 9.27. The van der Waals surface area contributed by atoms with Gasteiger partial charge in [-0.1, -0.05) is 0 Å². The van der Waals surface area contributed by atoms with Crippen molar-refractivity contribution in [3.63, 3.8) is 0 Å². The molecule has 3 rings (SSSR count). The van der Waals surface area contributed by atoms with Crippen molar-refractivity contribution < 1.29 is 0 Å². The highest BCUT2D eigenvalue weighted by Crippen LogP contribution is 2.23. The molecule has 0 saturated heterocycles. The van der Waals surface area contributed by atoms with Crippen molar-refractivity contribution in [2.45, 2.75) is 26.3 Å². The number of rotatable bonds is 1. The second kappa shape index (κ2) is 3.64. The highest BCUT2D eigenvalue weighted by atomic mass is 32.1. The van der Waals surface area contributed by atoms with E-state index in [1.165, 1.54) is 22.8 Å². The third-order valence-corrected chi connectivity index (χ3v) is 3.61. The first-order valence-corrected chi connectivity index (χ1v) is 6.14. The zero-order valence-corrected chi connectivity index (χ0v) is 10.1. The zero-order chi connectivity index (χ0) is 11.1. The van der Waals surface area contributed by atoms with Crippen LogP contribution >= 0.6 is 11.5 Å². The monoisotopic (exact) mass is 235 g/mol. The Kier molecular flexibility index (Phi) is 2.26. The first kappa shape index (κ1) is 9.92. The van der Waals surface area contributed by atoms with E-state index >= 15 is 0 Å². The molecule has 0 saturated carbocycles. The molecule has 0 radical (unpaired) electrons. The van der Waals surface area contributed by atoms with Crippen LogP contribution in [-0.4, -0.2) is 25.7 Å². The Morgan fingerprint density at radius 2 is 2.44 bits per heavy atom. The molecule has 1 aliphatic heterocycles. The summed E-state index contributed by atoms with van der Waals surface area (Å²) in [6.45, 7) is 5.06. The van der Waals surface area contributed by atoms with Crippen LogP contribution in [-0.2, 0) is 6.42 Å². The van der Waals surface area contributed by atoms with E-state index in [1.807, 2.05) is 11.6 Å². The highest BCUT2D eigenvalue weighted by molar-refractivity contribution is 7.08. The van der Waals surface area contributed by atoms with Gasteiger partial charge in [0, 0.05) is 42.3 Å². The van der Waals surface area contributed by atoms with Crippen molar-refractivity contribution in [1.29, 1.82) is 0 Å². The van der Waals surface area contributed by atoms with E-state index in [-0.39, 0.29) is 0 Å². The number of nitrogens with one attached hydrogen (secondary N) is 1. The number of fused-ring (bicyclic) bond motifs is 1. The summed E-state index contributed by atoms with van der Waals surface area (Å²) in [7, 11) is 0. The fourth-order valence-corrected chi connectivity index (χ4v) is 2.58. The van der Waals surface area contributed by atoms with E-state index in [1.54, 1.807) is 0 Å². The Bertz CT molecular complexity index is 515. The highest BCUT2D eigenvalue weighted by Gasteiger charge is 2.20. The summed E-state index contributed by atoms with van der Waals surface area (Å²) in [5.41, 5.74) is 2.46. The largest absolute Gasteiger partial charge is 0.310 e. The smallest absolute Gasteiger partial charge is 0.230 e. The van der Waals surface area contributed by atoms with Gasteiger partial charge in [-0.2, -0.15) is 9.47 Å². The van der Waals surface area contributed by atoms with Crippen LogP contribution in [0.1, 0.15) is 30.0 Å². The van der Waals surface area contributed by atoms with Crippen LogP contribution in [0.2, 0.25) is 0 Å². The Labute approximate surface area is 97.7 Å². The molecule has 1 atom stereocenters. The number of nitrogens with zero attached hydrogens (tertiary/aromatic N) is 4. The van der Waals surface area contributed by atoms with Gasteiger partial charge < -0.3 is 5.32 Å². The summed E-state index contributed by atoms with van der Waals surface area (Å²) in [6.07, 6.45) is 3.05. The standard InChI is InChI=1S/C10H13N5S/c1-6-8-5-15(10-12-7(2)14-16-10)13-9(8)3-4-11-6/h5-6,11H,3-4H2,1-2H3. The summed E-state index contributed by atoms with van der Waals surface area (Å²) < 4.78 is 6.02. The van der Waals surface area contributed by atoms with Gasteiger partial charge in [-0.05, 0) is 13.8 Å². The minimum Gasteiger partial charge on any atom is -0.310 e. The van der Waals surface area contributed by atoms with E-state index in [2.05, 4.69) is 32.9 Å². The van der Waals surface area contributed by atoms with Gasteiger partial charge in [-0.3, -0.25) is 0 Å². The average molecular weight is 235 g/mol. The van der Waals surface area contributed by atoms with Gasteiger partial charge in [0.1, 0.15) is 5.82 Å². The molecule has 5 nitrogen and oxygen atoms in total. The summed E-state index contributed by atoms with van der Waals surface area (Å²) in [4.78, 5) is 4.34. The normalized spacial score (nSPS) is 19.8. The van der Waals surface area contributed by atoms with Crippen LogP contribution in [0.4, 0.5) is 0 Å². The quantitative estimate of drug-likeness (QED) is 0.808. The molecule has 0 bridgehead atoms. The van der Waals surface area contributed by atoms with E-state index < -0.39 is 0 Å². The fraction of sp³-hybridized carbons (Fsp3) is 0.500. The van der Waals surface area contributed by atoms with E-state index in [0.29, 0.717) is 6.04 Å². The van der Waals surface area contributed by atoms with Crippen molar-refractivity contribution in [3.8, 4) is 5.13 Å². The first-order chi connectivity index (χ1) is 7.74. The molecule has 1 aliphatic rings. The molecule has 2 aromatic heterocycles. The van der Waals surface area contributed by atoms with Gasteiger partial charge >= 0.3 is 0 Å². The molecule has 0 fully saturated rings. The van der Waals surface area contributed by atoms with Gasteiger partial charge in [0.2, 0.25) is 5.13 Å². The predicted molar refractivity (Wildman–Crippen MR) is 61.9 cm³/mol. The SMILES string of the molecule is Cc1nsc(-n2cc3c(n2)CCNC3C)n1. The number of hydrogen-bond donors (Lipinski definition) is 1. The summed E-state index contributed by atoms with van der Waals surface area (Å²) in [6, 6.07) is 0.381. The Morgan fingerprint density at radius 3 is 3.12 bits per heavy atom. The van der Waals surface area contributed by atoms with Gasteiger partial charge in [-0.25, -0.2) is 9.67 Å². The number of hydrogen-bond acceptors (Lipinski definition) is 5. The molecule has 3 heterocycles. The van der Waals surface area contributed by atoms with E-state index in [9.17, 15) is 0 Å². The topological polar surface area (TPSA) is 55.6 Å². The lowest BCUT2D eigenvalue weighted by molar-refractivity contribution is 0.537. The molecular weight excluding hydrogens is 222 g/mol. The maximum Gasteiger partial charge on any atom is 0.230 e. The minimum atomic E-state index is 0.381. The molecule has 0 aromatic carbocycles. The Hall–Kier alpha value is -1.27. The van der Waals surface area contributed by atoms with Crippen molar-refractivity contribution in [3.05, 3.63) is 23.3 Å². The molecular formula is C10H13N5S. The van der Waals surface area contributed by atoms with Crippen LogP contribution in [0.15, 0.2) is 6.20 Å². The maximum atomic E-state index is 4.57. The van der Waals surface area contributed by atoms with Gasteiger partial charge in [0.05, 0.1) is 5.69 Å². The molecule has 0 spiro atoms. The maximum absolute atomic E-state index is 4.57. The molecule has 6 heteroatoms. The molecule has 0 amide bonds. The summed E-state index contributed by atoms with van der Waals surface area (Å²) in [5, 5.41) is 8.84. The average Bonchev–Trinajstić information content (AvgIpc) is 2.84. The first-order valence-electron chi connectivity index (χ1n) is 5.36.